The van der Waals surface area contributed by atoms with Crippen molar-refractivity contribution in [2.24, 2.45) is 29.6 Å². The smallest absolute Gasteiger partial charge is 0.307 e. The molecule has 3 aliphatic rings. The molecule has 3 N–H and O–H groups in total. The van der Waals surface area contributed by atoms with Gasteiger partial charge in [0.15, 0.2) is 0 Å². The number of carbonyl (C=O) groups is 3. The molecule has 2 bridgehead atoms. The van der Waals surface area contributed by atoms with E-state index in [2.05, 4.69) is 17.6 Å². The van der Waals surface area contributed by atoms with Crippen LogP contribution in [0.3, 0.4) is 0 Å². The largest absolute Gasteiger partial charge is 0.481 e. The van der Waals surface area contributed by atoms with Gasteiger partial charge in [-0.05, 0) is 81.8 Å². The number of thiophene rings is 1. The lowest BCUT2D eigenvalue weighted by molar-refractivity contribution is -0.148. The van der Waals surface area contributed by atoms with Crippen molar-refractivity contribution in [3.8, 4) is 0 Å². The molecular formula is C31H38N2O4S. The van der Waals surface area contributed by atoms with Crippen LogP contribution in [0.25, 0.3) is 0 Å². The van der Waals surface area contributed by atoms with Gasteiger partial charge in [-0.25, -0.2) is 0 Å². The van der Waals surface area contributed by atoms with Gasteiger partial charge in [-0.2, -0.15) is 0 Å². The number of carboxylic acid groups (broad SMARTS) is 1. The minimum absolute atomic E-state index is 0.0380. The maximum absolute atomic E-state index is 13.8. The van der Waals surface area contributed by atoms with E-state index >= 15 is 0 Å². The van der Waals surface area contributed by atoms with Crippen LogP contribution in [-0.4, -0.2) is 22.9 Å². The minimum atomic E-state index is -0.900. The Kier molecular flexibility index (Phi) is 7.49. The lowest BCUT2D eigenvalue weighted by atomic mass is 9.78. The van der Waals surface area contributed by atoms with Gasteiger partial charge in [-0.1, -0.05) is 54.3 Å². The second kappa shape index (κ2) is 10.7. The molecule has 3 aliphatic carbocycles. The number of nitrogens with one attached hydrogen (secondary N) is 2. The third kappa shape index (κ3) is 4.81. The zero-order valence-electron chi connectivity index (χ0n) is 22.7. The van der Waals surface area contributed by atoms with Crippen molar-refractivity contribution in [1.82, 2.24) is 5.32 Å². The van der Waals surface area contributed by atoms with Crippen LogP contribution in [0.1, 0.15) is 78.4 Å². The summed E-state index contributed by atoms with van der Waals surface area (Å²) < 4.78 is 0. The molecule has 6 nitrogen and oxygen atoms in total. The first kappa shape index (κ1) is 26.7. The summed E-state index contributed by atoms with van der Waals surface area (Å²) >= 11 is 1.50. The fourth-order valence-electron chi connectivity index (χ4n) is 7.11. The predicted octanol–water partition coefficient (Wildman–Crippen LogP) is 6.13. The number of fused-ring (bicyclic) bond motifs is 3. The molecule has 2 amide bonds. The van der Waals surface area contributed by atoms with Crippen molar-refractivity contribution < 1.29 is 19.5 Å². The highest BCUT2D eigenvalue weighted by Crippen LogP contribution is 2.57. The van der Waals surface area contributed by atoms with Gasteiger partial charge in [0, 0.05) is 11.4 Å². The van der Waals surface area contributed by atoms with Crippen molar-refractivity contribution in [2.45, 2.75) is 72.8 Å². The maximum Gasteiger partial charge on any atom is 0.307 e. The lowest BCUT2D eigenvalue weighted by Crippen LogP contribution is -2.38. The Balaban J connectivity index is 1.43. The van der Waals surface area contributed by atoms with Crippen LogP contribution in [0.2, 0.25) is 0 Å². The topological polar surface area (TPSA) is 95.5 Å². The van der Waals surface area contributed by atoms with Gasteiger partial charge in [-0.3, -0.25) is 14.4 Å². The van der Waals surface area contributed by atoms with Crippen molar-refractivity contribution in [3.63, 3.8) is 0 Å². The standard InChI is InChI=1S/C31H38N2O4S/c1-5-18-10-11-20-23(14-18)38-30(27(20)28(34)32-15-19-8-6-17(4)7-9-19)33-29(35)25-21-12-13-22(24(21)16(2)3)26(25)31(36)37/h6-9,18,21-22,25-26H,5,10-15H2,1-4H3,(H,32,34)(H,33,35)(H,36,37)/t18-,21-,22-,25+,26+/m1/s1. The van der Waals surface area contributed by atoms with Gasteiger partial charge in [-0.15, -0.1) is 11.3 Å². The monoisotopic (exact) mass is 534 g/mol. The molecule has 5 rings (SSSR count). The van der Waals surface area contributed by atoms with Gasteiger partial charge in [0.05, 0.1) is 17.4 Å². The quantitative estimate of drug-likeness (QED) is 0.372. The van der Waals surface area contributed by atoms with Crippen LogP contribution in [0.4, 0.5) is 5.00 Å². The maximum atomic E-state index is 13.8. The number of anilines is 1. The second-order valence-electron chi connectivity index (χ2n) is 11.5. The van der Waals surface area contributed by atoms with E-state index in [1.54, 1.807) is 0 Å². The highest BCUT2D eigenvalue weighted by molar-refractivity contribution is 7.17. The van der Waals surface area contributed by atoms with E-state index < -0.39 is 17.8 Å². The number of aryl methyl sites for hydroxylation is 1. The number of rotatable bonds is 7. The van der Waals surface area contributed by atoms with Crippen LogP contribution in [0, 0.1) is 36.5 Å². The number of hydrogen-bond donors (Lipinski definition) is 3. The molecular weight excluding hydrogens is 496 g/mol. The highest BCUT2D eigenvalue weighted by Gasteiger charge is 2.57. The Bertz CT molecular complexity index is 1290. The van der Waals surface area contributed by atoms with Gasteiger partial charge in [0.2, 0.25) is 5.91 Å². The van der Waals surface area contributed by atoms with E-state index in [1.165, 1.54) is 21.8 Å². The third-order valence-corrected chi connectivity index (χ3v) is 10.2. The number of allylic oxidation sites excluding steroid dienone is 2. The van der Waals surface area contributed by atoms with Gasteiger partial charge < -0.3 is 15.7 Å². The van der Waals surface area contributed by atoms with Gasteiger partial charge in [0.1, 0.15) is 5.00 Å². The van der Waals surface area contributed by atoms with Crippen molar-refractivity contribution >= 4 is 34.1 Å². The van der Waals surface area contributed by atoms with E-state index in [0.29, 0.717) is 23.0 Å². The highest BCUT2D eigenvalue weighted by atomic mass is 32.1. The molecule has 5 atom stereocenters. The molecule has 2 fully saturated rings. The molecule has 1 aromatic heterocycles. The zero-order valence-corrected chi connectivity index (χ0v) is 23.5. The van der Waals surface area contributed by atoms with Crippen molar-refractivity contribution in [3.05, 3.63) is 62.5 Å². The Hall–Kier alpha value is -2.93. The summed E-state index contributed by atoms with van der Waals surface area (Å²) in [7, 11) is 0. The van der Waals surface area contributed by atoms with Crippen LogP contribution < -0.4 is 10.6 Å². The SMILES string of the molecule is CC[C@@H]1CCc2c(sc(NC(=O)[C@@H]3[C@@H](C(=O)O)[C@@H]4CC[C@@H]3C4=C(C)C)c2C(=O)NCc2ccc(C)cc2)C1. The summed E-state index contributed by atoms with van der Waals surface area (Å²) in [6, 6.07) is 8.07. The molecule has 0 spiro atoms. The third-order valence-electron chi connectivity index (χ3n) is 8.99. The molecule has 1 aromatic carbocycles. The molecule has 38 heavy (non-hydrogen) atoms. The van der Waals surface area contributed by atoms with Crippen LogP contribution >= 0.6 is 11.3 Å². The summed E-state index contributed by atoms with van der Waals surface area (Å²) in [4.78, 5) is 40.8. The molecule has 7 heteroatoms. The number of benzene rings is 1. The normalized spacial score (nSPS) is 25.7. The van der Waals surface area contributed by atoms with Crippen molar-refractivity contribution in [1.29, 1.82) is 0 Å². The van der Waals surface area contributed by atoms with Crippen molar-refractivity contribution in [2.75, 3.05) is 5.32 Å². The Morgan fingerprint density at radius 2 is 1.71 bits per heavy atom. The van der Waals surface area contributed by atoms with E-state index in [4.69, 9.17) is 0 Å². The Labute approximate surface area is 228 Å². The summed E-state index contributed by atoms with van der Waals surface area (Å²) in [5.74, 6) is -2.19. The molecule has 0 unspecified atom stereocenters. The molecule has 1 heterocycles. The Morgan fingerprint density at radius 3 is 2.34 bits per heavy atom. The number of amides is 2. The lowest BCUT2D eigenvalue weighted by Gasteiger charge is -2.26. The first-order chi connectivity index (χ1) is 18.2. The van der Waals surface area contributed by atoms with Crippen LogP contribution in [0.15, 0.2) is 35.4 Å². The van der Waals surface area contributed by atoms with Gasteiger partial charge >= 0.3 is 5.97 Å². The average Bonchev–Trinajstić information content (AvgIpc) is 3.57. The molecule has 2 saturated carbocycles. The predicted molar refractivity (Wildman–Crippen MR) is 150 cm³/mol. The number of aliphatic carboxylic acids is 1. The molecule has 0 radical (unpaired) electrons. The van der Waals surface area contributed by atoms with Crippen LogP contribution in [-0.2, 0) is 29.0 Å². The second-order valence-corrected chi connectivity index (χ2v) is 12.6. The minimum Gasteiger partial charge on any atom is -0.481 e. The fraction of sp³-hybridized carbons (Fsp3) is 0.516. The summed E-state index contributed by atoms with van der Waals surface area (Å²) in [6.45, 7) is 8.68. The first-order valence-electron chi connectivity index (χ1n) is 13.9. The number of carboxylic acids is 1. The molecule has 202 valence electrons. The van der Waals surface area contributed by atoms with E-state index in [-0.39, 0.29) is 23.7 Å². The summed E-state index contributed by atoms with van der Waals surface area (Å²) in [6.07, 6.45) is 5.52. The molecule has 2 aromatic rings. The average molecular weight is 535 g/mol. The number of carbonyl (C=O) groups excluding carboxylic acids is 2. The van der Waals surface area contributed by atoms with E-state index in [9.17, 15) is 19.5 Å². The Morgan fingerprint density at radius 1 is 1.03 bits per heavy atom. The van der Waals surface area contributed by atoms with E-state index in [1.807, 2.05) is 45.0 Å². The van der Waals surface area contributed by atoms with Crippen LogP contribution in [0.5, 0.6) is 0 Å². The fourth-order valence-corrected chi connectivity index (χ4v) is 8.47. The molecule has 0 aliphatic heterocycles. The van der Waals surface area contributed by atoms with Gasteiger partial charge in [0.25, 0.3) is 5.91 Å². The summed E-state index contributed by atoms with van der Waals surface area (Å²) in [5.41, 5.74) is 6.09. The molecule has 0 saturated heterocycles. The summed E-state index contributed by atoms with van der Waals surface area (Å²) in [5, 5.41) is 16.8. The number of hydrogen-bond acceptors (Lipinski definition) is 4. The first-order valence-corrected chi connectivity index (χ1v) is 14.7. The zero-order chi connectivity index (χ0) is 27.1. The van der Waals surface area contributed by atoms with E-state index in [0.717, 1.165) is 60.8 Å².